The highest BCUT2D eigenvalue weighted by Gasteiger charge is 2.47. The fraction of sp³-hybridized carbons (Fsp3) is 0.0435. The largest absolute Gasteiger partial charge is 0.507 e. The van der Waals surface area contributed by atoms with Gasteiger partial charge < -0.3 is 10.2 Å². The monoisotopic (exact) mass is 523 g/mol. The molecule has 5 rings (SSSR count). The number of nitrogens with one attached hydrogen (secondary N) is 1. The lowest BCUT2D eigenvalue weighted by molar-refractivity contribution is -0.132. The number of benzene rings is 2. The van der Waals surface area contributed by atoms with Crippen LogP contribution in [-0.2, 0) is 9.59 Å². The summed E-state index contributed by atoms with van der Waals surface area (Å²) in [7, 11) is 0. The molecule has 0 bridgehead atoms. The summed E-state index contributed by atoms with van der Waals surface area (Å²) in [5.74, 6) is -3.14. The standard InChI is InChI=1S/C23H14BrN3O5S/c24-12-8-16(33-10-12)19-17(20(28)11-4-2-1-3-5-11)21(29)22(30)27(19)13-6-7-15-14(9-13)18(23(31)32)26-25-15/h1-10,19,28H,(H,25,26)(H,31,32)/b20-17-. The number of rotatable bonds is 4. The molecule has 10 heteroatoms. The summed E-state index contributed by atoms with van der Waals surface area (Å²) >= 11 is 4.73. The maximum absolute atomic E-state index is 13.2. The minimum atomic E-state index is -1.22. The molecule has 4 aromatic rings. The van der Waals surface area contributed by atoms with Crippen molar-refractivity contribution in [3.8, 4) is 0 Å². The Morgan fingerprint density at radius 3 is 2.52 bits per heavy atom. The number of H-pyrrole nitrogens is 1. The molecule has 33 heavy (non-hydrogen) atoms. The third-order valence-corrected chi connectivity index (χ3v) is 7.12. The van der Waals surface area contributed by atoms with Crippen molar-refractivity contribution in [1.29, 1.82) is 0 Å². The molecular formula is C23H14BrN3O5S. The highest BCUT2D eigenvalue weighted by atomic mass is 79.9. The SMILES string of the molecule is O=C1C(=O)N(c2ccc3[nH]nc(C(=O)O)c3c2)C(c2cc(Br)cs2)/C1=C(/O)c1ccccc1. The third kappa shape index (κ3) is 3.43. The number of carboxylic acids is 1. The maximum atomic E-state index is 13.2. The van der Waals surface area contributed by atoms with Crippen molar-refractivity contribution in [2.45, 2.75) is 6.04 Å². The Kier molecular flexibility index (Phi) is 5.10. The molecule has 2 aromatic heterocycles. The van der Waals surface area contributed by atoms with Crippen LogP contribution in [0.15, 0.2) is 70.0 Å². The quantitative estimate of drug-likeness (QED) is 0.202. The Morgan fingerprint density at radius 2 is 1.85 bits per heavy atom. The minimum absolute atomic E-state index is 0.0358. The number of hydrogen-bond donors (Lipinski definition) is 3. The number of carbonyl (C=O) groups excluding carboxylic acids is 2. The van der Waals surface area contributed by atoms with E-state index in [1.54, 1.807) is 48.5 Å². The van der Waals surface area contributed by atoms with Crippen LogP contribution < -0.4 is 4.90 Å². The van der Waals surface area contributed by atoms with Crippen molar-refractivity contribution in [3.63, 3.8) is 0 Å². The van der Waals surface area contributed by atoms with Gasteiger partial charge >= 0.3 is 5.97 Å². The lowest BCUT2D eigenvalue weighted by Gasteiger charge is -2.24. The zero-order valence-electron chi connectivity index (χ0n) is 16.7. The predicted octanol–water partition coefficient (Wildman–Crippen LogP) is 4.71. The van der Waals surface area contributed by atoms with Crippen molar-refractivity contribution >= 4 is 67.3 Å². The first-order valence-corrected chi connectivity index (χ1v) is 11.4. The van der Waals surface area contributed by atoms with Gasteiger partial charge in [0, 0.05) is 31.4 Å². The number of aliphatic hydroxyl groups is 1. The van der Waals surface area contributed by atoms with E-state index in [1.807, 2.05) is 5.38 Å². The highest BCUT2D eigenvalue weighted by molar-refractivity contribution is 9.10. The van der Waals surface area contributed by atoms with Crippen LogP contribution in [0.1, 0.15) is 27.0 Å². The molecule has 1 aliphatic rings. The van der Waals surface area contributed by atoms with Crippen molar-refractivity contribution in [2.75, 3.05) is 4.90 Å². The first kappa shape index (κ1) is 21.1. The number of fused-ring (bicyclic) bond motifs is 1. The lowest BCUT2D eigenvalue weighted by atomic mass is 9.99. The number of anilines is 1. The molecule has 2 aromatic carbocycles. The molecule has 1 aliphatic heterocycles. The Bertz CT molecular complexity index is 1470. The van der Waals surface area contributed by atoms with Gasteiger partial charge in [0.15, 0.2) is 5.69 Å². The highest BCUT2D eigenvalue weighted by Crippen LogP contribution is 2.45. The zero-order chi connectivity index (χ0) is 23.3. The average Bonchev–Trinajstić information content (AvgIpc) is 3.50. The van der Waals surface area contributed by atoms with Gasteiger partial charge in [-0.25, -0.2) is 4.79 Å². The number of Topliss-reactive ketones (excluding diaryl/α,β-unsaturated/α-hetero) is 1. The number of aliphatic hydroxyl groups excluding tert-OH is 1. The number of hydrogen-bond acceptors (Lipinski definition) is 6. The van der Waals surface area contributed by atoms with E-state index >= 15 is 0 Å². The summed E-state index contributed by atoms with van der Waals surface area (Å²) in [5, 5.41) is 29.1. The summed E-state index contributed by atoms with van der Waals surface area (Å²) in [5.41, 5.74) is 0.978. The van der Waals surface area contributed by atoms with Gasteiger partial charge in [-0.05, 0) is 40.2 Å². The second-order valence-corrected chi connectivity index (χ2v) is 9.17. The van der Waals surface area contributed by atoms with Crippen molar-refractivity contribution in [2.24, 2.45) is 0 Å². The van der Waals surface area contributed by atoms with E-state index in [1.165, 1.54) is 22.3 Å². The molecule has 0 spiro atoms. The smallest absolute Gasteiger partial charge is 0.357 e. The number of aromatic carboxylic acids is 1. The molecule has 3 N–H and O–H groups in total. The van der Waals surface area contributed by atoms with E-state index in [4.69, 9.17) is 0 Å². The van der Waals surface area contributed by atoms with Crippen LogP contribution in [0.5, 0.6) is 0 Å². The molecule has 1 fully saturated rings. The molecule has 1 saturated heterocycles. The van der Waals surface area contributed by atoms with Gasteiger partial charge in [0.1, 0.15) is 11.8 Å². The van der Waals surface area contributed by atoms with E-state index in [-0.39, 0.29) is 17.0 Å². The zero-order valence-corrected chi connectivity index (χ0v) is 19.1. The van der Waals surface area contributed by atoms with Crippen molar-refractivity contribution in [1.82, 2.24) is 10.2 Å². The van der Waals surface area contributed by atoms with Crippen LogP contribution in [0.25, 0.3) is 16.7 Å². The molecule has 1 atom stereocenters. The Hall–Kier alpha value is -3.76. The Balaban J connectivity index is 1.74. The number of aromatic amines is 1. The van der Waals surface area contributed by atoms with E-state index < -0.39 is 23.7 Å². The second kappa shape index (κ2) is 7.98. The second-order valence-electron chi connectivity index (χ2n) is 7.31. The summed E-state index contributed by atoms with van der Waals surface area (Å²) in [6.07, 6.45) is 0. The number of ketones is 1. The van der Waals surface area contributed by atoms with Crippen molar-refractivity contribution in [3.05, 3.63) is 86.2 Å². The fourth-order valence-corrected chi connectivity index (χ4v) is 5.45. The Morgan fingerprint density at radius 1 is 1.09 bits per heavy atom. The summed E-state index contributed by atoms with van der Waals surface area (Å²) < 4.78 is 0.770. The van der Waals surface area contributed by atoms with Gasteiger partial charge in [-0.2, -0.15) is 5.10 Å². The van der Waals surface area contributed by atoms with Crippen LogP contribution in [0, 0.1) is 0 Å². The lowest BCUT2D eigenvalue weighted by Crippen LogP contribution is -2.29. The van der Waals surface area contributed by atoms with E-state index in [2.05, 4.69) is 26.1 Å². The molecule has 1 unspecified atom stereocenters. The van der Waals surface area contributed by atoms with E-state index in [9.17, 15) is 24.6 Å². The number of halogens is 1. The first-order chi connectivity index (χ1) is 15.9. The van der Waals surface area contributed by atoms with E-state index in [0.717, 1.165) is 4.47 Å². The molecule has 0 aliphatic carbocycles. The third-order valence-electron chi connectivity index (χ3n) is 5.38. The Labute approximate surface area is 198 Å². The number of carboxylic acid groups (broad SMARTS) is 1. The van der Waals surface area contributed by atoms with Gasteiger partial charge in [0.05, 0.1) is 11.1 Å². The minimum Gasteiger partial charge on any atom is -0.507 e. The normalized spacial score (nSPS) is 17.7. The number of thiophene rings is 1. The van der Waals surface area contributed by atoms with Gasteiger partial charge in [0.25, 0.3) is 11.7 Å². The van der Waals surface area contributed by atoms with Crippen LogP contribution in [0.3, 0.4) is 0 Å². The topological polar surface area (TPSA) is 124 Å². The van der Waals surface area contributed by atoms with Crippen LogP contribution in [-0.4, -0.2) is 38.1 Å². The summed E-state index contributed by atoms with van der Waals surface area (Å²) in [6.45, 7) is 0. The number of nitrogens with zero attached hydrogens (tertiary/aromatic N) is 2. The van der Waals surface area contributed by atoms with Crippen molar-refractivity contribution < 1.29 is 24.6 Å². The fourth-order valence-electron chi connectivity index (χ4n) is 3.91. The van der Waals surface area contributed by atoms with Gasteiger partial charge in [0.2, 0.25) is 0 Å². The number of aromatic nitrogens is 2. The summed E-state index contributed by atoms with van der Waals surface area (Å²) in [6, 6.07) is 14.1. The van der Waals surface area contributed by atoms with Crippen LogP contribution >= 0.6 is 27.3 Å². The van der Waals surface area contributed by atoms with Crippen LogP contribution in [0.2, 0.25) is 0 Å². The molecule has 164 valence electrons. The maximum Gasteiger partial charge on any atom is 0.357 e. The molecule has 0 saturated carbocycles. The van der Waals surface area contributed by atoms with E-state index in [0.29, 0.717) is 27.0 Å². The average molecular weight is 524 g/mol. The molecular weight excluding hydrogens is 510 g/mol. The van der Waals surface area contributed by atoms with Gasteiger partial charge in [-0.3, -0.25) is 19.6 Å². The molecule has 3 heterocycles. The molecule has 0 radical (unpaired) electrons. The molecule has 8 nitrogen and oxygen atoms in total. The summed E-state index contributed by atoms with van der Waals surface area (Å²) in [4.78, 5) is 39.9. The molecule has 1 amide bonds. The number of carbonyl (C=O) groups is 3. The van der Waals surface area contributed by atoms with Gasteiger partial charge in [-0.1, -0.05) is 30.3 Å². The number of amides is 1. The first-order valence-electron chi connectivity index (χ1n) is 9.68. The predicted molar refractivity (Wildman–Crippen MR) is 126 cm³/mol. The van der Waals surface area contributed by atoms with Gasteiger partial charge in [-0.15, -0.1) is 11.3 Å². The van der Waals surface area contributed by atoms with Crippen LogP contribution in [0.4, 0.5) is 5.69 Å².